The molecule has 2 aromatic heterocycles. The Balaban J connectivity index is 1.69. The number of nitrogens with one attached hydrogen (secondary N) is 2. The molecule has 0 fully saturated rings. The highest BCUT2D eigenvalue weighted by Crippen LogP contribution is 2.22. The molecule has 0 aliphatic heterocycles. The number of aryl methyl sites for hydroxylation is 2. The lowest BCUT2D eigenvalue weighted by Crippen LogP contribution is -2.39. The van der Waals surface area contributed by atoms with Gasteiger partial charge in [-0.25, -0.2) is 4.39 Å². The van der Waals surface area contributed by atoms with Gasteiger partial charge >= 0.3 is 11.8 Å². The van der Waals surface area contributed by atoms with Crippen molar-refractivity contribution in [3.8, 4) is 0 Å². The summed E-state index contributed by atoms with van der Waals surface area (Å²) in [6.45, 7) is 4.05. The minimum atomic E-state index is -0.849. The van der Waals surface area contributed by atoms with Gasteiger partial charge in [0.1, 0.15) is 5.82 Å². The standard InChI is InChI=1S/C19H19FN4O2S/c1-12-8-13(2)24(23-12)17(14-6-7-27-11-14)10-21-18(25)19(26)22-16-5-3-4-15(20)9-16/h3-9,11,17H,10H2,1-2H3,(H,21,25)(H,22,26)/t17-/m0/s1. The molecular weight excluding hydrogens is 367 g/mol. The van der Waals surface area contributed by atoms with E-state index in [1.807, 2.05) is 41.4 Å². The second kappa shape index (κ2) is 8.13. The lowest BCUT2D eigenvalue weighted by atomic mass is 10.1. The molecule has 0 unspecified atom stereocenters. The maximum atomic E-state index is 13.2. The van der Waals surface area contributed by atoms with E-state index in [1.54, 1.807) is 11.3 Å². The first-order valence-corrected chi connectivity index (χ1v) is 9.28. The van der Waals surface area contributed by atoms with Crippen LogP contribution in [0.3, 0.4) is 0 Å². The molecule has 27 heavy (non-hydrogen) atoms. The van der Waals surface area contributed by atoms with Gasteiger partial charge in [0.15, 0.2) is 0 Å². The Hall–Kier alpha value is -3.00. The van der Waals surface area contributed by atoms with Crippen molar-refractivity contribution in [1.82, 2.24) is 15.1 Å². The number of halogens is 1. The summed E-state index contributed by atoms with van der Waals surface area (Å²) in [7, 11) is 0. The molecule has 3 aromatic rings. The van der Waals surface area contributed by atoms with Gasteiger partial charge in [-0.15, -0.1) is 0 Å². The van der Waals surface area contributed by atoms with E-state index in [9.17, 15) is 14.0 Å². The smallest absolute Gasteiger partial charge is 0.313 e. The molecule has 1 atom stereocenters. The summed E-state index contributed by atoms with van der Waals surface area (Å²) in [5.74, 6) is -2.13. The number of rotatable bonds is 5. The molecule has 0 saturated carbocycles. The molecule has 2 heterocycles. The number of hydrogen-bond acceptors (Lipinski definition) is 4. The van der Waals surface area contributed by atoms with Crippen LogP contribution in [0.1, 0.15) is 23.0 Å². The second-order valence-electron chi connectivity index (χ2n) is 6.12. The van der Waals surface area contributed by atoms with E-state index in [0.717, 1.165) is 23.0 Å². The van der Waals surface area contributed by atoms with Gasteiger partial charge in [-0.3, -0.25) is 14.3 Å². The molecule has 2 N–H and O–H groups in total. The Morgan fingerprint density at radius 3 is 2.67 bits per heavy atom. The summed E-state index contributed by atoms with van der Waals surface area (Å²) in [5.41, 5.74) is 3.06. The zero-order valence-corrected chi connectivity index (χ0v) is 15.7. The SMILES string of the molecule is Cc1cc(C)n([C@@H](CNC(=O)C(=O)Nc2cccc(F)c2)c2ccsc2)n1. The fourth-order valence-electron chi connectivity index (χ4n) is 2.80. The molecule has 2 amide bonds. The number of amides is 2. The highest BCUT2D eigenvalue weighted by atomic mass is 32.1. The van der Waals surface area contributed by atoms with E-state index < -0.39 is 17.6 Å². The normalized spacial score (nSPS) is 11.8. The van der Waals surface area contributed by atoms with Gasteiger partial charge < -0.3 is 10.6 Å². The van der Waals surface area contributed by atoms with E-state index in [-0.39, 0.29) is 18.3 Å². The summed E-state index contributed by atoms with van der Waals surface area (Å²) < 4.78 is 15.0. The van der Waals surface area contributed by atoms with E-state index >= 15 is 0 Å². The Labute approximate surface area is 160 Å². The van der Waals surface area contributed by atoms with Crippen LogP contribution in [0.2, 0.25) is 0 Å². The number of benzene rings is 1. The van der Waals surface area contributed by atoms with Gasteiger partial charge in [0.25, 0.3) is 0 Å². The van der Waals surface area contributed by atoms with Crippen molar-refractivity contribution in [1.29, 1.82) is 0 Å². The van der Waals surface area contributed by atoms with Crippen LogP contribution in [0, 0.1) is 19.7 Å². The molecule has 0 spiro atoms. The molecular formula is C19H19FN4O2S. The van der Waals surface area contributed by atoms with Gasteiger partial charge in [-0.05, 0) is 60.5 Å². The quantitative estimate of drug-likeness (QED) is 0.662. The minimum Gasteiger partial charge on any atom is -0.345 e. The number of carbonyl (C=O) groups is 2. The summed E-state index contributed by atoms with van der Waals surface area (Å²) >= 11 is 1.55. The van der Waals surface area contributed by atoms with Gasteiger partial charge in [-0.1, -0.05) is 6.07 Å². The van der Waals surface area contributed by atoms with Crippen molar-refractivity contribution in [3.05, 3.63) is 69.9 Å². The third kappa shape index (κ3) is 4.59. The first-order chi connectivity index (χ1) is 12.9. The van der Waals surface area contributed by atoms with Crippen molar-refractivity contribution in [2.24, 2.45) is 0 Å². The number of aromatic nitrogens is 2. The number of hydrogen-bond donors (Lipinski definition) is 2. The molecule has 0 bridgehead atoms. The average Bonchev–Trinajstić information content (AvgIpc) is 3.25. The first-order valence-electron chi connectivity index (χ1n) is 8.33. The van der Waals surface area contributed by atoms with Gasteiger partial charge in [0.05, 0.1) is 11.7 Å². The van der Waals surface area contributed by atoms with Crippen LogP contribution in [0.5, 0.6) is 0 Å². The summed E-state index contributed by atoms with van der Waals surface area (Å²) in [6, 6.07) is 9.07. The number of carbonyl (C=O) groups excluding carboxylic acids is 2. The molecule has 3 rings (SSSR count). The molecule has 1 aromatic carbocycles. The van der Waals surface area contributed by atoms with Crippen molar-refractivity contribution in [2.75, 3.05) is 11.9 Å². The second-order valence-corrected chi connectivity index (χ2v) is 6.90. The Bertz CT molecular complexity index is 953. The zero-order valence-electron chi connectivity index (χ0n) is 14.9. The van der Waals surface area contributed by atoms with Crippen LogP contribution in [0.4, 0.5) is 10.1 Å². The topological polar surface area (TPSA) is 76.0 Å². The third-order valence-corrected chi connectivity index (χ3v) is 4.71. The van der Waals surface area contributed by atoms with Crippen molar-refractivity contribution >= 4 is 28.8 Å². The Morgan fingerprint density at radius 2 is 2.04 bits per heavy atom. The van der Waals surface area contributed by atoms with Crippen LogP contribution in [-0.4, -0.2) is 28.1 Å². The van der Waals surface area contributed by atoms with Crippen LogP contribution < -0.4 is 10.6 Å². The molecule has 0 saturated heterocycles. The minimum absolute atomic E-state index is 0.202. The Morgan fingerprint density at radius 1 is 1.22 bits per heavy atom. The fraction of sp³-hybridized carbons (Fsp3) is 0.211. The fourth-order valence-corrected chi connectivity index (χ4v) is 3.50. The number of anilines is 1. The van der Waals surface area contributed by atoms with Gasteiger partial charge in [-0.2, -0.15) is 16.4 Å². The highest BCUT2D eigenvalue weighted by Gasteiger charge is 2.21. The largest absolute Gasteiger partial charge is 0.345 e. The summed E-state index contributed by atoms with van der Waals surface area (Å²) in [6.07, 6.45) is 0. The van der Waals surface area contributed by atoms with Crippen LogP contribution in [0.15, 0.2) is 47.2 Å². The number of nitrogens with zero attached hydrogens (tertiary/aromatic N) is 2. The van der Waals surface area contributed by atoms with Crippen LogP contribution in [0.25, 0.3) is 0 Å². The highest BCUT2D eigenvalue weighted by molar-refractivity contribution is 7.08. The van der Waals surface area contributed by atoms with Gasteiger partial charge in [0.2, 0.25) is 0 Å². The molecule has 6 nitrogen and oxygen atoms in total. The van der Waals surface area contributed by atoms with Crippen molar-refractivity contribution < 1.29 is 14.0 Å². The van der Waals surface area contributed by atoms with E-state index in [4.69, 9.17) is 0 Å². The van der Waals surface area contributed by atoms with Gasteiger partial charge in [0, 0.05) is 17.9 Å². The van der Waals surface area contributed by atoms with Crippen LogP contribution in [-0.2, 0) is 9.59 Å². The summed E-state index contributed by atoms with van der Waals surface area (Å²) in [4.78, 5) is 24.2. The third-order valence-electron chi connectivity index (χ3n) is 4.01. The van der Waals surface area contributed by atoms with E-state index in [1.165, 1.54) is 18.2 Å². The predicted molar refractivity (Wildman–Crippen MR) is 102 cm³/mol. The average molecular weight is 386 g/mol. The lowest BCUT2D eigenvalue weighted by molar-refractivity contribution is -0.136. The Kier molecular flexibility index (Phi) is 5.66. The van der Waals surface area contributed by atoms with Crippen molar-refractivity contribution in [2.45, 2.75) is 19.9 Å². The molecule has 0 aliphatic rings. The van der Waals surface area contributed by atoms with E-state index in [2.05, 4.69) is 15.7 Å². The van der Waals surface area contributed by atoms with E-state index in [0.29, 0.717) is 0 Å². The molecule has 0 radical (unpaired) electrons. The monoisotopic (exact) mass is 386 g/mol. The predicted octanol–water partition coefficient (Wildman–Crippen LogP) is 3.04. The molecule has 8 heteroatoms. The molecule has 140 valence electrons. The summed E-state index contributed by atoms with van der Waals surface area (Å²) in [5, 5.41) is 13.5. The van der Waals surface area contributed by atoms with Crippen LogP contribution >= 0.6 is 11.3 Å². The maximum absolute atomic E-state index is 13.2. The lowest BCUT2D eigenvalue weighted by Gasteiger charge is -2.19. The number of thiophene rings is 1. The molecule has 0 aliphatic carbocycles. The van der Waals surface area contributed by atoms with Crippen molar-refractivity contribution in [3.63, 3.8) is 0 Å². The maximum Gasteiger partial charge on any atom is 0.313 e. The zero-order chi connectivity index (χ0) is 19.4. The first kappa shape index (κ1) is 18.8.